The van der Waals surface area contributed by atoms with E-state index in [1.807, 2.05) is 13.0 Å². The Morgan fingerprint density at radius 3 is 2.67 bits per heavy atom. The Bertz CT molecular complexity index is 435. The number of hydrogen-bond acceptors (Lipinski definition) is 2. The van der Waals surface area contributed by atoms with Crippen LogP contribution in [0.25, 0.3) is 0 Å². The lowest BCUT2D eigenvalue weighted by Gasteiger charge is -2.08. The van der Waals surface area contributed by atoms with Crippen LogP contribution < -0.4 is 0 Å². The fourth-order valence-electron chi connectivity index (χ4n) is 1.51. The highest BCUT2D eigenvalue weighted by molar-refractivity contribution is 6.17. The molecule has 4 heteroatoms. The number of carboxylic acids is 1. The summed E-state index contributed by atoms with van der Waals surface area (Å²) in [6.07, 6.45) is 0.509. The molecule has 0 radical (unpaired) electrons. The third-order valence-electron chi connectivity index (χ3n) is 2.24. The molecule has 1 N–H and O–H groups in total. The van der Waals surface area contributed by atoms with Crippen LogP contribution in [0.1, 0.15) is 34.0 Å². The maximum atomic E-state index is 10.9. The number of alkyl halides is 1. The van der Waals surface area contributed by atoms with Gasteiger partial charge >= 0.3 is 5.97 Å². The van der Waals surface area contributed by atoms with E-state index in [4.69, 9.17) is 22.0 Å². The Hall–Kier alpha value is -1.53. The van der Waals surface area contributed by atoms with Crippen molar-refractivity contribution in [3.05, 3.63) is 34.4 Å². The lowest BCUT2D eigenvalue weighted by molar-refractivity contribution is 0.0695. The van der Waals surface area contributed by atoms with Crippen LogP contribution in [0.4, 0.5) is 0 Å². The number of aromatic carboxylic acids is 1. The lowest BCUT2D eigenvalue weighted by Crippen LogP contribution is -2.06. The van der Waals surface area contributed by atoms with Crippen LogP contribution in [0.15, 0.2) is 12.1 Å². The van der Waals surface area contributed by atoms with Crippen LogP contribution in [0, 0.1) is 11.3 Å². The summed E-state index contributed by atoms with van der Waals surface area (Å²) in [5, 5.41) is 17.9. The second kappa shape index (κ2) is 4.81. The third kappa shape index (κ3) is 2.11. The first-order valence-electron chi connectivity index (χ1n) is 4.49. The molecule has 0 spiro atoms. The highest BCUT2D eigenvalue weighted by atomic mass is 35.5. The second-order valence-corrected chi connectivity index (χ2v) is 3.30. The molecule has 0 aliphatic carbocycles. The van der Waals surface area contributed by atoms with Gasteiger partial charge in [0, 0.05) is 5.88 Å². The number of carbonyl (C=O) groups is 1. The van der Waals surface area contributed by atoms with Gasteiger partial charge in [0.05, 0.1) is 17.2 Å². The van der Waals surface area contributed by atoms with Crippen molar-refractivity contribution in [2.75, 3.05) is 0 Å². The summed E-state index contributed by atoms with van der Waals surface area (Å²) in [7, 11) is 0. The van der Waals surface area contributed by atoms with Crippen molar-refractivity contribution in [1.82, 2.24) is 0 Å². The van der Waals surface area contributed by atoms with E-state index in [-0.39, 0.29) is 11.4 Å². The maximum absolute atomic E-state index is 10.9. The van der Waals surface area contributed by atoms with Crippen LogP contribution in [0.5, 0.6) is 0 Å². The van der Waals surface area contributed by atoms with Crippen LogP contribution in [-0.2, 0) is 12.3 Å². The quantitative estimate of drug-likeness (QED) is 0.801. The van der Waals surface area contributed by atoms with E-state index in [9.17, 15) is 4.79 Å². The van der Waals surface area contributed by atoms with Crippen molar-refractivity contribution < 1.29 is 9.90 Å². The molecule has 78 valence electrons. The molecule has 15 heavy (non-hydrogen) atoms. The van der Waals surface area contributed by atoms with Gasteiger partial charge in [-0.2, -0.15) is 5.26 Å². The molecule has 3 nitrogen and oxygen atoms in total. The number of rotatable bonds is 3. The van der Waals surface area contributed by atoms with E-state index in [1.165, 1.54) is 6.07 Å². The molecule has 0 aliphatic heterocycles. The van der Waals surface area contributed by atoms with Gasteiger partial charge in [-0.05, 0) is 23.6 Å². The van der Waals surface area contributed by atoms with Crippen LogP contribution >= 0.6 is 11.6 Å². The molecule has 1 aromatic carbocycles. The van der Waals surface area contributed by atoms with Crippen molar-refractivity contribution in [2.45, 2.75) is 19.2 Å². The molecule has 1 aromatic rings. The molecule has 0 saturated carbocycles. The number of nitrogens with zero attached hydrogens (tertiary/aromatic N) is 1. The van der Waals surface area contributed by atoms with Gasteiger partial charge in [0.2, 0.25) is 0 Å². The number of nitriles is 1. The van der Waals surface area contributed by atoms with Gasteiger partial charge in [-0.1, -0.05) is 13.0 Å². The second-order valence-electron chi connectivity index (χ2n) is 3.03. The van der Waals surface area contributed by atoms with E-state index >= 15 is 0 Å². The Morgan fingerprint density at radius 2 is 2.27 bits per heavy atom. The minimum Gasteiger partial charge on any atom is -0.478 e. The molecular formula is C11H10ClNO2. The standard InChI is InChI=1S/C11H10ClNO2/c1-2-8-9(11(14)15)4-3-7(5-12)10(8)6-13/h3-4H,2,5H2,1H3,(H,14,15). The van der Waals surface area contributed by atoms with E-state index in [2.05, 4.69) is 0 Å². The van der Waals surface area contributed by atoms with E-state index in [1.54, 1.807) is 6.07 Å². The van der Waals surface area contributed by atoms with E-state index in [0.717, 1.165) is 0 Å². The topological polar surface area (TPSA) is 61.1 Å². The first-order chi connectivity index (χ1) is 7.15. The van der Waals surface area contributed by atoms with E-state index in [0.29, 0.717) is 23.1 Å². The maximum Gasteiger partial charge on any atom is 0.336 e. The summed E-state index contributed by atoms with van der Waals surface area (Å²) in [5.74, 6) is -0.792. The normalized spacial score (nSPS) is 9.67. The third-order valence-corrected chi connectivity index (χ3v) is 2.53. The highest BCUT2D eigenvalue weighted by Crippen LogP contribution is 2.21. The van der Waals surface area contributed by atoms with Gasteiger partial charge in [0.15, 0.2) is 0 Å². The van der Waals surface area contributed by atoms with Crippen molar-refractivity contribution in [2.24, 2.45) is 0 Å². The predicted molar refractivity (Wildman–Crippen MR) is 57.1 cm³/mol. The van der Waals surface area contributed by atoms with Crippen molar-refractivity contribution in [3.8, 4) is 6.07 Å². The molecule has 0 heterocycles. The summed E-state index contributed by atoms with van der Waals surface area (Å²) >= 11 is 5.67. The van der Waals surface area contributed by atoms with Gasteiger partial charge in [-0.3, -0.25) is 0 Å². The smallest absolute Gasteiger partial charge is 0.336 e. The summed E-state index contributed by atoms with van der Waals surface area (Å²) < 4.78 is 0. The first-order valence-corrected chi connectivity index (χ1v) is 5.03. The minimum absolute atomic E-state index is 0.183. The molecular weight excluding hydrogens is 214 g/mol. The van der Waals surface area contributed by atoms with E-state index < -0.39 is 5.97 Å². The zero-order valence-corrected chi connectivity index (χ0v) is 9.01. The number of hydrogen-bond donors (Lipinski definition) is 1. The molecule has 1 rings (SSSR count). The highest BCUT2D eigenvalue weighted by Gasteiger charge is 2.15. The van der Waals surface area contributed by atoms with Gasteiger partial charge in [0.1, 0.15) is 0 Å². The fraction of sp³-hybridized carbons (Fsp3) is 0.273. The Kier molecular flexibility index (Phi) is 3.70. The fourth-order valence-corrected chi connectivity index (χ4v) is 1.74. The summed E-state index contributed by atoms with van der Waals surface area (Å²) in [6, 6.07) is 5.10. The number of benzene rings is 1. The summed E-state index contributed by atoms with van der Waals surface area (Å²) in [5.41, 5.74) is 1.82. The first kappa shape index (κ1) is 11.5. The summed E-state index contributed by atoms with van der Waals surface area (Å²) in [4.78, 5) is 10.9. The van der Waals surface area contributed by atoms with Crippen LogP contribution in [0.2, 0.25) is 0 Å². The molecule has 0 aliphatic rings. The van der Waals surface area contributed by atoms with Crippen LogP contribution in [0.3, 0.4) is 0 Å². The molecule has 0 amide bonds. The SMILES string of the molecule is CCc1c(C(=O)O)ccc(CCl)c1C#N. The molecule has 0 aromatic heterocycles. The van der Waals surface area contributed by atoms with Gasteiger partial charge in [-0.15, -0.1) is 11.6 Å². The van der Waals surface area contributed by atoms with Crippen molar-refractivity contribution in [1.29, 1.82) is 5.26 Å². The molecule has 0 atom stereocenters. The van der Waals surface area contributed by atoms with Crippen molar-refractivity contribution >= 4 is 17.6 Å². The largest absolute Gasteiger partial charge is 0.478 e. The Labute approximate surface area is 92.9 Å². The predicted octanol–water partition coefficient (Wildman–Crippen LogP) is 2.56. The lowest BCUT2D eigenvalue weighted by atomic mass is 9.95. The molecule has 0 bridgehead atoms. The van der Waals surface area contributed by atoms with Gasteiger partial charge in [-0.25, -0.2) is 4.79 Å². The van der Waals surface area contributed by atoms with Gasteiger partial charge < -0.3 is 5.11 Å². The summed E-state index contributed by atoms with van der Waals surface area (Å²) in [6.45, 7) is 1.82. The monoisotopic (exact) mass is 223 g/mol. The number of carboxylic acid groups (broad SMARTS) is 1. The zero-order valence-electron chi connectivity index (χ0n) is 8.25. The van der Waals surface area contributed by atoms with Crippen LogP contribution in [-0.4, -0.2) is 11.1 Å². The van der Waals surface area contributed by atoms with Gasteiger partial charge in [0.25, 0.3) is 0 Å². The zero-order chi connectivity index (χ0) is 11.4. The number of halogens is 1. The molecule has 0 saturated heterocycles. The molecule has 0 unspecified atom stereocenters. The molecule has 0 fully saturated rings. The Morgan fingerprint density at radius 1 is 1.60 bits per heavy atom. The minimum atomic E-state index is -1.01. The Balaban J connectivity index is 3.50. The average molecular weight is 224 g/mol. The average Bonchev–Trinajstić information content (AvgIpc) is 2.26. The van der Waals surface area contributed by atoms with Crippen molar-refractivity contribution in [3.63, 3.8) is 0 Å².